The monoisotopic (exact) mass is 276 g/mol. The Hall–Kier alpha value is -1.68. The van der Waals surface area contributed by atoms with Gasteiger partial charge in [-0.2, -0.15) is 0 Å². The standard InChI is InChI=1S/C16H20O4/c1-3-20-15(18)14-12(11-7-5-4-6-8-11)9-16(2,19)10-13(14)17/h4-8,12,14,19H,3,9-10H2,1-2H3/t12-,14+,16-/m1/s1. The number of aliphatic hydroxyl groups is 1. The van der Waals surface area contributed by atoms with Crippen LogP contribution in [0.2, 0.25) is 0 Å². The lowest BCUT2D eigenvalue weighted by Gasteiger charge is -2.37. The van der Waals surface area contributed by atoms with Crippen molar-refractivity contribution in [2.45, 2.75) is 38.2 Å². The van der Waals surface area contributed by atoms with E-state index in [0.29, 0.717) is 6.42 Å². The first kappa shape index (κ1) is 14.7. The third-order valence-corrected chi connectivity index (χ3v) is 3.73. The van der Waals surface area contributed by atoms with Crippen molar-refractivity contribution < 1.29 is 19.4 Å². The molecule has 1 aromatic rings. The van der Waals surface area contributed by atoms with Crippen LogP contribution in [-0.4, -0.2) is 29.1 Å². The molecule has 1 aromatic carbocycles. The molecule has 0 amide bonds. The lowest BCUT2D eigenvalue weighted by molar-refractivity contribution is -0.157. The first-order valence-corrected chi connectivity index (χ1v) is 6.91. The molecule has 20 heavy (non-hydrogen) atoms. The summed E-state index contributed by atoms with van der Waals surface area (Å²) in [6, 6.07) is 9.37. The quantitative estimate of drug-likeness (QED) is 0.678. The maximum atomic E-state index is 12.2. The van der Waals surface area contributed by atoms with Crippen molar-refractivity contribution in [1.82, 2.24) is 0 Å². The smallest absolute Gasteiger partial charge is 0.317 e. The molecule has 0 spiro atoms. The second kappa shape index (κ2) is 5.75. The van der Waals surface area contributed by atoms with Gasteiger partial charge in [0.05, 0.1) is 12.2 Å². The van der Waals surface area contributed by atoms with Crippen molar-refractivity contribution in [2.75, 3.05) is 6.61 Å². The summed E-state index contributed by atoms with van der Waals surface area (Å²) < 4.78 is 5.03. The molecule has 4 heteroatoms. The number of carbonyl (C=O) groups is 2. The molecular weight excluding hydrogens is 256 g/mol. The van der Waals surface area contributed by atoms with Gasteiger partial charge in [0.15, 0.2) is 5.78 Å². The first-order chi connectivity index (χ1) is 9.44. The van der Waals surface area contributed by atoms with Crippen LogP contribution in [-0.2, 0) is 14.3 Å². The molecule has 1 aliphatic carbocycles. The molecule has 1 N–H and O–H groups in total. The zero-order valence-electron chi connectivity index (χ0n) is 11.8. The Morgan fingerprint density at radius 1 is 1.40 bits per heavy atom. The average Bonchev–Trinajstić information content (AvgIpc) is 2.38. The normalized spacial score (nSPS) is 30.1. The number of ketones is 1. The van der Waals surface area contributed by atoms with Crippen LogP contribution in [0.3, 0.4) is 0 Å². The van der Waals surface area contributed by atoms with Crippen molar-refractivity contribution >= 4 is 11.8 Å². The van der Waals surface area contributed by atoms with E-state index in [2.05, 4.69) is 0 Å². The highest BCUT2D eigenvalue weighted by Crippen LogP contribution is 2.41. The van der Waals surface area contributed by atoms with Gasteiger partial charge in [-0.05, 0) is 25.8 Å². The molecular formula is C16H20O4. The fourth-order valence-corrected chi connectivity index (χ4v) is 2.91. The molecule has 0 radical (unpaired) electrons. The van der Waals surface area contributed by atoms with E-state index in [1.807, 2.05) is 30.3 Å². The zero-order valence-corrected chi connectivity index (χ0v) is 11.8. The maximum Gasteiger partial charge on any atom is 0.317 e. The van der Waals surface area contributed by atoms with E-state index in [0.717, 1.165) is 5.56 Å². The Morgan fingerprint density at radius 2 is 2.05 bits per heavy atom. The highest BCUT2D eigenvalue weighted by atomic mass is 16.5. The Bertz CT molecular complexity index is 492. The van der Waals surface area contributed by atoms with Gasteiger partial charge in [-0.1, -0.05) is 30.3 Å². The van der Waals surface area contributed by atoms with Crippen LogP contribution in [0, 0.1) is 5.92 Å². The number of rotatable bonds is 3. The average molecular weight is 276 g/mol. The largest absolute Gasteiger partial charge is 0.465 e. The summed E-state index contributed by atoms with van der Waals surface area (Å²) in [6.45, 7) is 3.61. The van der Waals surface area contributed by atoms with Crippen molar-refractivity contribution in [3.8, 4) is 0 Å². The first-order valence-electron chi connectivity index (χ1n) is 6.91. The van der Waals surface area contributed by atoms with Gasteiger partial charge in [-0.25, -0.2) is 0 Å². The van der Waals surface area contributed by atoms with Crippen LogP contribution in [0.15, 0.2) is 30.3 Å². The predicted molar refractivity (Wildman–Crippen MR) is 74.2 cm³/mol. The van der Waals surface area contributed by atoms with Gasteiger partial charge in [0, 0.05) is 12.3 Å². The van der Waals surface area contributed by atoms with Crippen molar-refractivity contribution in [2.24, 2.45) is 5.92 Å². The fourth-order valence-electron chi connectivity index (χ4n) is 2.91. The molecule has 0 heterocycles. The van der Waals surface area contributed by atoms with Crippen LogP contribution >= 0.6 is 0 Å². The lowest BCUT2D eigenvalue weighted by atomic mass is 9.69. The number of Topliss-reactive ketones (excluding diaryl/α,β-unsaturated/α-hetero) is 1. The highest BCUT2D eigenvalue weighted by Gasteiger charge is 2.46. The minimum absolute atomic E-state index is 0.000184. The summed E-state index contributed by atoms with van der Waals surface area (Å²) in [6.07, 6.45) is 0.381. The van der Waals surface area contributed by atoms with Gasteiger partial charge < -0.3 is 9.84 Å². The summed E-state index contributed by atoms with van der Waals surface area (Å²) in [5, 5.41) is 10.2. The molecule has 0 bridgehead atoms. The molecule has 0 unspecified atom stereocenters. The predicted octanol–water partition coefficient (Wildman–Crippen LogP) is 2.06. The number of ether oxygens (including phenoxy) is 1. The van der Waals surface area contributed by atoms with Crippen molar-refractivity contribution in [3.63, 3.8) is 0 Å². The maximum absolute atomic E-state index is 12.2. The minimum Gasteiger partial charge on any atom is -0.465 e. The Labute approximate surface area is 118 Å². The van der Waals surface area contributed by atoms with E-state index in [1.54, 1.807) is 13.8 Å². The minimum atomic E-state index is -1.07. The lowest BCUT2D eigenvalue weighted by Crippen LogP contribution is -2.45. The number of hydrogen-bond donors (Lipinski definition) is 1. The molecule has 0 saturated heterocycles. The highest BCUT2D eigenvalue weighted by molar-refractivity contribution is 6.01. The van der Waals surface area contributed by atoms with Gasteiger partial charge in [0.1, 0.15) is 5.92 Å². The van der Waals surface area contributed by atoms with Gasteiger partial charge in [0.2, 0.25) is 0 Å². The topological polar surface area (TPSA) is 63.6 Å². The molecule has 3 atom stereocenters. The summed E-state index contributed by atoms with van der Waals surface area (Å²) in [5.74, 6) is -1.86. The van der Waals surface area contributed by atoms with Crippen molar-refractivity contribution in [3.05, 3.63) is 35.9 Å². The van der Waals surface area contributed by atoms with E-state index in [1.165, 1.54) is 0 Å². The fraction of sp³-hybridized carbons (Fsp3) is 0.500. The van der Waals surface area contributed by atoms with Gasteiger partial charge in [0.25, 0.3) is 0 Å². The second-order valence-electron chi connectivity index (χ2n) is 5.59. The van der Waals surface area contributed by atoms with Crippen LogP contribution in [0.25, 0.3) is 0 Å². The van der Waals surface area contributed by atoms with E-state index >= 15 is 0 Å². The summed E-state index contributed by atoms with van der Waals surface area (Å²) in [7, 11) is 0. The Kier molecular flexibility index (Phi) is 4.23. The summed E-state index contributed by atoms with van der Waals surface area (Å²) >= 11 is 0. The summed E-state index contributed by atoms with van der Waals surface area (Å²) in [4.78, 5) is 24.3. The molecule has 1 aliphatic rings. The molecule has 4 nitrogen and oxygen atoms in total. The van der Waals surface area contributed by atoms with Crippen LogP contribution in [0.4, 0.5) is 0 Å². The van der Waals surface area contributed by atoms with E-state index < -0.39 is 17.5 Å². The number of esters is 1. The SMILES string of the molecule is CCOC(=O)[C@@H]1C(=O)C[C@](C)(O)C[C@@H]1c1ccccc1. The van der Waals surface area contributed by atoms with Crippen LogP contribution in [0.1, 0.15) is 38.2 Å². The van der Waals surface area contributed by atoms with E-state index in [4.69, 9.17) is 4.74 Å². The van der Waals surface area contributed by atoms with Crippen LogP contribution in [0.5, 0.6) is 0 Å². The summed E-state index contributed by atoms with van der Waals surface area (Å²) in [5.41, 5.74) is -0.181. The molecule has 0 aliphatic heterocycles. The van der Waals surface area contributed by atoms with Gasteiger partial charge >= 0.3 is 5.97 Å². The number of hydrogen-bond acceptors (Lipinski definition) is 4. The zero-order chi connectivity index (χ0) is 14.8. The Morgan fingerprint density at radius 3 is 2.65 bits per heavy atom. The third-order valence-electron chi connectivity index (χ3n) is 3.73. The van der Waals surface area contributed by atoms with Gasteiger partial charge in [-0.3, -0.25) is 9.59 Å². The molecule has 1 fully saturated rings. The van der Waals surface area contributed by atoms with Crippen LogP contribution < -0.4 is 0 Å². The Balaban J connectivity index is 2.35. The molecule has 0 aromatic heterocycles. The third kappa shape index (κ3) is 3.07. The molecule has 1 saturated carbocycles. The van der Waals surface area contributed by atoms with E-state index in [-0.39, 0.29) is 24.7 Å². The molecule has 108 valence electrons. The second-order valence-corrected chi connectivity index (χ2v) is 5.59. The number of carbonyl (C=O) groups excluding carboxylic acids is 2. The number of benzene rings is 1. The van der Waals surface area contributed by atoms with Gasteiger partial charge in [-0.15, -0.1) is 0 Å². The molecule has 2 rings (SSSR count). The van der Waals surface area contributed by atoms with Crippen molar-refractivity contribution in [1.29, 1.82) is 0 Å². The van der Waals surface area contributed by atoms with E-state index in [9.17, 15) is 14.7 Å².